The zero-order valence-electron chi connectivity index (χ0n) is 16.0. The van der Waals surface area contributed by atoms with Crippen molar-refractivity contribution in [3.8, 4) is 0 Å². The summed E-state index contributed by atoms with van der Waals surface area (Å²) >= 11 is 4.00. The number of carboxylic acids is 2. The molecule has 4 atom stereocenters. The van der Waals surface area contributed by atoms with Gasteiger partial charge in [0.2, 0.25) is 17.7 Å². The van der Waals surface area contributed by atoms with Gasteiger partial charge in [-0.1, -0.05) is 13.8 Å². The number of carboxylic acid groups (broad SMARTS) is 2. The van der Waals surface area contributed by atoms with Gasteiger partial charge in [0.25, 0.3) is 0 Å². The van der Waals surface area contributed by atoms with E-state index in [2.05, 4.69) is 23.3 Å². The Morgan fingerprint density at radius 2 is 1.43 bits per heavy atom. The molecule has 0 saturated carbocycles. The average molecular weight is 420 g/mol. The van der Waals surface area contributed by atoms with Crippen LogP contribution in [0.3, 0.4) is 0 Å². The summed E-state index contributed by atoms with van der Waals surface area (Å²) in [5.74, 6) is -4.94. The molecule has 0 fully saturated rings. The number of amides is 3. The minimum atomic E-state index is -1.64. The van der Waals surface area contributed by atoms with E-state index in [-0.39, 0.29) is 11.7 Å². The fraction of sp³-hybridized carbons (Fsp3) is 0.688. The third-order valence-corrected chi connectivity index (χ3v) is 3.99. The summed E-state index contributed by atoms with van der Waals surface area (Å²) in [6, 6.07) is -4.67. The van der Waals surface area contributed by atoms with Crippen LogP contribution in [0.15, 0.2) is 0 Å². The minimum absolute atomic E-state index is 0.0585. The largest absolute Gasteiger partial charge is 0.481 e. The number of nitrogens with one attached hydrogen (secondary N) is 3. The van der Waals surface area contributed by atoms with Gasteiger partial charge in [-0.3, -0.25) is 19.2 Å². The van der Waals surface area contributed by atoms with Crippen LogP contribution in [0.2, 0.25) is 0 Å². The van der Waals surface area contributed by atoms with E-state index in [0.29, 0.717) is 6.42 Å². The lowest BCUT2D eigenvalue weighted by atomic mass is 10.0. The van der Waals surface area contributed by atoms with Crippen LogP contribution in [0, 0.1) is 5.92 Å². The first-order valence-electron chi connectivity index (χ1n) is 8.61. The number of carbonyl (C=O) groups is 5. The summed E-state index contributed by atoms with van der Waals surface area (Å²) in [6.45, 7) is 5.07. The Kier molecular flexibility index (Phi) is 11.2. The monoisotopic (exact) mass is 420 g/mol. The highest BCUT2D eigenvalue weighted by Crippen LogP contribution is 2.03. The molecule has 160 valence electrons. The maximum atomic E-state index is 12.3. The summed E-state index contributed by atoms with van der Waals surface area (Å²) in [7, 11) is 0. The third kappa shape index (κ3) is 9.55. The molecule has 0 saturated heterocycles. The molecular formula is C16H28N4O7S. The Hall–Kier alpha value is -2.34. The van der Waals surface area contributed by atoms with Gasteiger partial charge >= 0.3 is 11.9 Å². The molecule has 12 heteroatoms. The van der Waals surface area contributed by atoms with E-state index in [0.717, 1.165) is 0 Å². The van der Waals surface area contributed by atoms with Crippen LogP contribution in [0.1, 0.15) is 33.6 Å². The SMILES string of the molecule is CC(C)CC(N)C(=O)NC(CS)C(=O)NC(C)C(=O)NC(CC(=O)O)C(=O)O. The maximum Gasteiger partial charge on any atom is 0.326 e. The van der Waals surface area contributed by atoms with Crippen LogP contribution in [-0.4, -0.2) is 69.8 Å². The van der Waals surface area contributed by atoms with Crippen LogP contribution in [0.5, 0.6) is 0 Å². The summed E-state index contributed by atoms with van der Waals surface area (Å²) in [4.78, 5) is 58.0. The molecular weight excluding hydrogens is 392 g/mol. The van der Waals surface area contributed by atoms with Crippen molar-refractivity contribution in [1.82, 2.24) is 16.0 Å². The molecule has 7 N–H and O–H groups in total. The molecule has 0 radical (unpaired) electrons. The maximum absolute atomic E-state index is 12.3. The Morgan fingerprint density at radius 1 is 0.893 bits per heavy atom. The second-order valence-corrected chi connectivity index (χ2v) is 7.07. The van der Waals surface area contributed by atoms with Gasteiger partial charge in [-0.2, -0.15) is 12.6 Å². The van der Waals surface area contributed by atoms with E-state index < -0.39 is 60.2 Å². The molecule has 0 aliphatic carbocycles. The van der Waals surface area contributed by atoms with Gasteiger partial charge in [0, 0.05) is 5.75 Å². The second-order valence-electron chi connectivity index (χ2n) is 6.71. The van der Waals surface area contributed by atoms with Gasteiger partial charge in [0.1, 0.15) is 18.1 Å². The Morgan fingerprint density at radius 3 is 1.86 bits per heavy atom. The summed E-state index contributed by atoms with van der Waals surface area (Å²) in [5.41, 5.74) is 5.76. The molecule has 28 heavy (non-hydrogen) atoms. The second kappa shape index (κ2) is 12.2. The molecule has 0 aromatic carbocycles. The third-order valence-electron chi connectivity index (χ3n) is 3.62. The summed E-state index contributed by atoms with van der Waals surface area (Å²) in [6.07, 6.45) is -0.392. The zero-order valence-corrected chi connectivity index (χ0v) is 16.9. The molecule has 3 amide bonds. The Bertz CT molecular complexity index is 600. The number of thiol groups is 1. The molecule has 4 unspecified atom stereocenters. The Balaban J connectivity index is 4.82. The van der Waals surface area contributed by atoms with Crippen LogP contribution in [-0.2, 0) is 24.0 Å². The van der Waals surface area contributed by atoms with E-state index in [1.165, 1.54) is 6.92 Å². The van der Waals surface area contributed by atoms with E-state index >= 15 is 0 Å². The summed E-state index contributed by atoms with van der Waals surface area (Å²) in [5, 5.41) is 24.4. The normalized spacial score (nSPS) is 15.1. The van der Waals surface area contributed by atoms with E-state index in [1.54, 1.807) is 0 Å². The first-order chi connectivity index (χ1) is 12.9. The van der Waals surface area contributed by atoms with Crippen LogP contribution < -0.4 is 21.7 Å². The lowest BCUT2D eigenvalue weighted by molar-refractivity contribution is -0.147. The molecule has 0 aliphatic heterocycles. The predicted molar refractivity (Wildman–Crippen MR) is 103 cm³/mol. The smallest absolute Gasteiger partial charge is 0.326 e. The van der Waals surface area contributed by atoms with E-state index in [9.17, 15) is 24.0 Å². The number of hydrogen-bond acceptors (Lipinski definition) is 7. The van der Waals surface area contributed by atoms with Crippen molar-refractivity contribution in [1.29, 1.82) is 0 Å². The summed E-state index contributed by atoms with van der Waals surface area (Å²) < 4.78 is 0. The standard InChI is InChI=1S/C16H28N4O7S/c1-7(2)4-9(17)14(24)20-11(6-28)15(25)18-8(3)13(23)19-10(16(26)27)5-12(21)22/h7-11,28H,4-6,17H2,1-3H3,(H,18,25)(H,19,23)(H,20,24)(H,21,22)(H,26,27). The van der Waals surface area contributed by atoms with Crippen LogP contribution >= 0.6 is 12.6 Å². The lowest BCUT2D eigenvalue weighted by Gasteiger charge is -2.22. The predicted octanol–water partition coefficient (Wildman–Crippen LogP) is -1.68. The van der Waals surface area contributed by atoms with Gasteiger partial charge < -0.3 is 31.9 Å². The zero-order chi connectivity index (χ0) is 22.0. The van der Waals surface area contributed by atoms with Gasteiger partial charge in [-0.15, -0.1) is 0 Å². The topological polar surface area (TPSA) is 188 Å². The van der Waals surface area contributed by atoms with Crippen LogP contribution in [0.4, 0.5) is 0 Å². The van der Waals surface area contributed by atoms with Crippen molar-refractivity contribution in [3.63, 3.8) is 0 Å². The van der Waals surface area contributed by atoms with E-state index in [4.69, 9.17) is 15.9 Å². The fourth-order valence-corrected chi connectivity index (χ4v) is 2.40. The number of carbonyl (C=O) groups excluding carboxylic acids is 3. The average Bonchev–Trinajstić information content (AvgIpc) is 2.57. The van der Waals surface area contributed by atoms with Crippen molar-refractivity contribution in [2.24, 2.45) is 11.7 Å². The molecule has 0 aliphatic rings. The van der Waals surface area contributed by atoms with Gasteiger partial charge in [-0.05, 0) is 19.3 Å². The van der Waals surface area contributed by atoms with Gasteiger partial charge in [0.05, 0.1) is 12.5 Å². The quantitative estimate of drug-likeness (QED) is 0.182. The highest BCUT2D eigenvalue weighted by molar-refractivity contribution is 7.80. The van der Waals surface area contributed by atoms with Gasteiger partial charge in [-0.25, -0.2) is 4.79 Å². The molecule has 0 aromatic heterocycles. The van der Waals surface area contributed by atoms with Crippen molar-refractivity contribution >= 4 is 42.3 Å². The molecule has 0 aromatic rings. The van der Waals surface area contributed by atoms with Crippen molar-refractivity contribution in [3.05, 3.63) is 0 Å². The number of nitrogens with two attached hydrogens (primary N) is 1. The minimum Gasteiger partial charge on any atom is -0.481 e. The molecule has 0 bridgehead atoms. The Labute approximate surface area is 168 Å². The lowest BCUT2D eigenvalue weighted by Crippen LogP contribution is -2.57. The first kappa shape index (κ1) is 25.7. The fourth-order valence-electron chi connectivity index (χ4n) is 2.14. The number of rotatable bonds is 12. The van der Waals surface area contributed by atoms with Crippen molar-refractivity contribution in [2.75, 3.05) is 5.75 Å². The molecule has 0 spiro atoms. The number of hydrogen-bond donors (Lipinski definition) is 7. The molecule has 0 heterocycles. The van der Waals surface area contributed by atoms with Crippen LogP contribution in [0.25, 0.3) is 0 Å². The van der Waals surface area contributed by atoms with E-state index in [1.807, 2.05) is 19.2 Å². The number of aliphatic carboxylic acids is 2. The first-order valence-corrected chi connectivity index (χ1v) is 9.24. The highest BCUT2D eigenvalue weighted by Gasteiger charge is 2.28. The highest BCUT2D eigenvalue weighted by atomic mass is 32.1. The van der Waals surface area contributed by atoms with Gasteiger partial charge in [0.15, 0.2) is 0 Å². The van der Waals surface area contributed by atoms with Crippen molar-refractivity contribution in [2.45, 2.75) is 57.8 Å². The molecule has 0 rings (SSSR count). The molecule has 11 nitrogen and oxygen atoms in total. The van der Waals surface area contributed by atoms with Crippen molar-refractivity contribution < 1.29 is 34.2 Å².